The van der Waals surface area contributed by atoms with Crippen LogP contribution >= 0.6 is 11.3 Å². The summed E-state index contributed by atoms with van der Waals surface area (Å²) in [5.74, 6) is 0.888. The number of halogens is 2. The van der Waals surface area contributed by atoms with Gasteiger partial charge in [0.1, 0.15) is 12.2 Å². The number of fused-ring (bicyclic) bond motifs is 1. The van der Waals surface area contributed by atoms with Gasteiger partial charge in [0, 0.05) is 6.42 Å². The van der Waals surface area contributed by atoms with Gasteiger partial charge in [-0.25, -0.2) is 23.2 Å². The van der Waals surface area contributed by atoms with Gasteiger partial charge in [0.2, 0.25) is 5.13 Å². The smallest absolute Gasteiger partial charge is 0.321 e. The first-order chi connectivity index (χ1) is 10.1. The average molecular weight is 315 g/mol. The molecule has 11 heteroatoms. The van der Waals surface area contributed by atoms with Crippen LogP contribution in [0.3, 0.4) is 0 Å². The van der Waals surface area contributed by atoms with Crippen LogP contribution in [0.5, 0.6) is 0 Å². The number of anilines is 1. The number of amides is 2. The van der Waals surface area contributed by atoms with E-state index in [0.29, 0.717) is 17.9 Å². The first-order valence-corrected chi connectivity index (χ1v) is 6.99. The highest BCUT2D eigenvalue weighted by atomic mass is 32.1. The molecular formula is C10H11F2N7OS. The third-order valence-corrected chi connectivity index (χ3v) is 3.83. The third kappa shape index (κ3) is 3.12. The van der Waals surface area contributed by atoms with Gasteiger partial charge >= 0.3 is 6.03 Å². The number of carbonyl (C=O) groups excluding carboxylic acids is 1. The standard InChI is InChI=1S/C10H11F2N7OS/c11-7(12)8-17-18-10(21-8)16-9(20)15-5-1-2-6-13-4-14-19(6)3-5/h4-5,7H,1-3H2,(H2,15,16,18,20). The molecule has 2 amide bonds. The molecule has 2 aromatic rings. The van der Waals surface area contributed by atoms with Crippen LogP contribution in [0.2, 0.25) is 0 Å². The number of carbonyl (C=O) groups is 1. The van der Waals surface area contributed by atoms with Crippen molar-refractivity contribution in [2.24, 2.45) is 0 Å². The second-order valence-electron chi connectivity index (χ2n) is 4.44. The predicted molar refractivity (Wildman–Crippen MR) is 69.2 cm³/mol. The van der Waals surface area contributed by atoms with Crippen molar-refractivity contribution in [3.8, 4) is 0 Å². The maximum absolute atomic E-state index is 12.4. The lowest BCUT2D eigenvalue weighted by Gasteiger charge is -2.23. The Morgan fingerprint density at radius 3 is 3.10 bits per heavy atom. The molecule has 112 valence electrons. The van der Waals surface area contributed by atoms with E-state index in [2.05, 4.69) is 30.9 Å². The molecule has 1 aliphatic rings. The molecule has 0 radical (unpaired) electrons. The number of nitrogens with zero attached hydrogens (tertiary/aromatic N) is 5. The lowest BCUT2D eigenvalue weighted by Crippen LogP contribution is -2.43. The molecule has 3 rings (SSSR count). The number of urea groups is 1. The van der Waals surface area contributed by atoms with Gasteiger partial charge in [-0.15, -0.1) is 10.2 Å². The molecule has 0 aromatic carbocycles. The number of aryl methyl sites for hydroxylation is 1. The first kappa shape index (κ1) is 13.8. The van der Waals surface area contributed by atoms with Crippen molar-refractivity contribution >= 4 is 22.5 Å². The monoisotopic (exact) mass is 315 g/mol. The maximum atomic E-state index is 12.4. The number of nitrogens with one attached hydrogen (secondary N) is 2. The molecule has 1 unspecified atom stereocenters. The van der Waals surface area contributed by atoms with Gasteiger partial charge in [0.05, 0.1) is 12.6 Å². The van der Waals surface area contributed by atoms with Gasteiger partial charge in [0.15, 0.2) is 5.01 Å². The molecule has 1 aliphatic heterocycles. The van der Waals surface area contributed by atoms with E-state index >= 15 is 0 Å². The van der Waals surface area contributed by atoms with E-state index in [1.807, 2.05) is 0 Å². The van der Waals surface area contributed by atoms with Crippen molar-refractivity contribution in [3.63, 3.8) is 0 Å². The molecule has 8 nitrogen and oxygen atoms in total. The van der Waals surface area contributed by atoms with Crippen LogP contribution < -0.4 is 10.6 Å². The molecule has 0 saturated heterocycles. The third-order valence-electron chi connectivity index (χ3n) is 2.99. The predicted octanol–water partition coefficient (Wildman–Crippen LogP) is 1.20. The van der Waals surface area contributed by atoms with E-state index in [1.165, 1.54) is 6.33 Å². The Kier molecular flexibility index (Phi) is 3.73. The fourth-order valence-corrected chi connectivity index (χ4v) is 2.64. The minimum absolute atomic E-state index is 0.0417. The molecular weight excluding hydrogens is 304 g/mol. The van der Waals surface area contributed by atoms with Crippen LogP contribution in [0.1, 0.15) is 23.7 Å². The molecule has 0 bridgehead atoms. The molecule has 0 aliphatic carbocycles. The number of hydrogen-bond donors (Lipinski definition) is 2. The zero-order valence-electron chi connectivity index (χ0n) is 10.7. The SMILES string of the molecule is O=C(Nc1nnc(C(F)F)s1)NC1CCc2ncnn2C1. The Labute approximate surface area is 121 Å². The molecule has 3 heterocycles. The summed E-state index contributed by atoms with van der Waals surface area (Å²) in [7, 11) is 0. The minimum Gasteiger partial charge on any atom is -0.333 e. The van der Waals surface area contributed by atoms with Crippen molar-refractivity contribution in [3.05, 3.63) is 17.2 Å². The Balaban J connectivity index is 1.55. The Bertz CT molecular complexity index is 643. The summed E-state index contributed by atoms with van der Waals surface area (Å²) < 4.78 is 26.5. The van der Waals surface area contributed by atoms with Crippen molar-refractivity contribution in [1.29, 1.82) is 0 Å². The van der Waals surface area contributed by atoms with Crippen LogP contribution in [0.4, 0.5) is 18.7 Å². The summed E-state index contributed by atoms with van der Waals surface area (Å²) >= 11 is 0.650. The zero-order chi connectivity index (χ0) is 14.8. The van der Waals surface area contributed by atoms with Crippen molar-refractivity contribution in [1.82, 2.24) is 30.3 Å². The lowest BCUT2D eigenvalue weighted by molar-refractivity contribution is 0.150. The van der Waals surface area contributed by atoms with E-state index < -0.39 is 17.5 Å². The summed E-state index contributed by atoms with van der Waals surface area (Å²) in [4.78, 5) is 15.9. The summed E-state index contributed by atoms with van der Waals surface area (Å²) in [6.07, 6.45) is 0.250. The average Bonchev–Trinajstić information content (AvgIpc) is 3.06. The molecule has 21 heavy (non-hydrogen) atoms. The van der Waals surface area contributed by atoms with E-state index in [9.17, 15) is 13.6 Å². The summed E-state index contributed by atoms with van der Waals surface area (Å²) in [5.41, 5.74) is 0. The Hall–Kier alpha value is -2.17. The Morgan fingerprint density at radius 1 is 1.48 bits per heavy atom. The van der Waals surface area contributed by atoms with Gasteiger partial charge in [-0.05, 0) is 6.42 Å². The number of aromatic nitrogens is 5. The normalized spacial score (nSPS) is 17.6. The number of rotatable bonds is 3. The van der Waals surface area contributed by atoms with E-state index in [4.69, 9.17) is 0 Å². The van der Waals surface area contributed by atoms with Crippen LogP contribution in [0, 0.1) is 0 Å². The lowest BCUT2D eigenvalue weighted by atomic mass is 10.1. The maximum Gasteiger partial charge on any atom is 0.321 e. The summed E-state index contributed by atoms with van der Waals surface area (Å²) in [6, 6.07) is -0.595. The highest BCUT2D eigenvalue weighted by Crippen LogP contribution is 2.25. The highest BCUT2D eigenvalue weighted by Gasteiger charge is 2.22. The Morgan fingerprint density at radius 2 is 2.33 bits per heavy atom. The van der Waals surface area contributed by atoms with Gasteiger partial charge in [0.25, 0.3) is 6.43 Å². The fourth-order valence-electron chi connectivity index (χ4n) is 2.05. The molecule has 0 saturated carbocycles. The van der Waals surface area contributed by atoms with Crippen molar-refractivity contribution in [2.45, 2.75) is 31.9 Å². The van der Waals surface area contributed by atoms with Crippen molar-refractivity contribution < 1.29 is 13.6 Å². The molecule has 2 aromatic heterocycles. The van der Waals surface area contributed by atoms with Gasteiger partial charge < -0.3 is 5.32 Å². The van der Waals surface area contributed by atoms with E-state index in [-0.39, 0.29) is 11.2 Å². The fraction of sp³-hybridized carbons (Fsp3) is 0.500. The second-order valence-corrected chi connectivity index (χ2v) is 5.45. The van der Waals surface area contributed by atoms with E-state index in [1.54, 1.807) is 4.68 Å². The topological polar surface area (TPSA) is 97.6 Å². The van der Waals surface area contributed by atoms with Crippen LogP contribution in [-0.4, -0.2) is 37.0 Å². The molecule has 0 spiro atoms. The van der Waals surface area contributed by atoms with Crippen LogP contribution in [-0.2, 0) is 13.0 Å². The summed E-state index contributed by atoms with van der Waals surface area (Å²) in [5, 5.41) is 15.6. The first-order valence-electron chi connectivity index (χ1n) is 6.17. The minimum atomic E-state index is -2.69. The van der Waals surface area contributed by atoms with Gasteiger partial charge in [-0.1, -0.05) is 11.3 Å². The highest BCUT2D eigenvalue weighted by molar-refractivity contribution is 7.15. The largest absolute Gasteiger partial charge is 0.333 e. The second kappa shape index (κ2) is 5.68. The zero-order valence-corrected chi connectivity index (χ0v) is 11.5. The number of hydrogen-bond acceptors (Lipinski definition) is 6. The molecule has 1 atom stereocenters. The van der Waals surface area contributed by atoms with Crippen LogP contribution in [0.25, 0.3) is 0 Å². The quantitative estimate of drug-likeness (QED) is 0.887. The van der Waals surface area contributed by atoms with Gasteiger partial charge in [-0.2, -0.15) is 5.10 Å². The van der Waals surface area contributed by atoms with Gasteiger partial charge in [-0.3, -0.25) is 5.32 Å². The number of alkyl halides is 2. The molecule has 0 fully saturated rings. The molecule has 2 N–H and O–H groups in total. The van der Waals surface area contributed by atoms with Crippen LogP contribution in [0.15, 0.2) is 6.33 Å². The van der Waals surface area contributed by atoms with E-state index in [0.717, 1.165) is 18.7 Å². The van der Waals surface area contributed by atoms with Crippen molar-refractivity contribution in [2.75, 3.05) is 5.32 Å². The summed E-state index contributed by atoms with van der Waals surface area (Å²) in [6.45, 7) is 0.529.